The summed E-state index contributed by atoms with van der Waals surface area (Å²) in [7, 11) is 1.51. The Hall–Kier alpha value is -2.57. The van der Waals surface area contributed by atoms with Crippen LogP contribution in [0, 0.1) is 0 Å². The maximum Gasteiger partial charge on any atom is 0.203 e. The number of ether oxygens (including phenoxy) is 1. The smallest absolute Gasteiger partial charge is 0.203 e. The number of halogens is 1. The van der Waals surface area contributed by atoms with Gasteiger partial charge in [-0.25, -0.2) is 4.98 Å². The summed E-state index contributed by atoms with van der Waals surface area (Å²) in [5.41, 5.74) is 5.48. The summed E-state index contributed by atoms with van der Waals surface area (Å²) in [4.78, 5) is 4.47. The van der Waals surface area contributed by atoms with E-state index in [2.05, 4.69) is 15.5 Å². The third kappa shape index (κ3) is 3.84. The van der Waals surface area contributed by atoms with E-state index in [1.165, 1.54) is 18.4 Å². The monoisotopic (exact) mass is 359 g/mol. The van der Waals surface area contributed by atoms with Crippen LogP contribution in [0.15, 0.2) is 52.9 Å². The Bertz CT molecular complexity index is 863. The van der Waals surface area contributed by atoms with Crippen LogP contribution in [0.4, 0.5) is 5.13 Å². The number of anilines is 1. The molecule has 7 heteroatoms. The average molecular weight is 360 g/mol. The summed E-state index contributed by atoms with van der Waals surface area (Å²) >= 11 is 7.34. The molecule has 0 atom stereocenters. The van der Waals surface area contributed by atoms with Gasteiger partial charge in [-0.15, -0.1) is 11.3 Å². The molecule has 0 radical (unpaired) electrons. The van der Waals surface area contributed by atoms with Crippen LogP contribution in [0.3, 0.4) is 0 Å². The number of thiazole rings is 1. The molecule has 0 aliphatic heterocycles. The number of hydrogen-bond donors (Lipinski definition) is 2. The molecule has 0 amide bonds. The molecule has 24 heavy (non-hydrogen) atoms. The zero-order valence-electron chi connectivity index (χ0n) is 12.7. The van der Waals surface area contributed by atoms with E-state index in [9.17, 15) is 5.11 Å². The lowest BCUT2D eigenvalue weighted by atomic mass is 10.2. The van der Waals surface area contributed by atoms with E-state index in [0.717, 1.165) is 16.8 Å². The maximum atomic E-state index is 9.73. The maximum absolute atomic E-state index is 9.73. The second-order valence-electron chi connectivity index (χ2n) is 4.85. The Morgan fingerprint density at radius 1 is 1.25 bits per heavy atom. The first-order valence-electron chi connectivity index (χ1n) is 7.03. The summed E-state index contributed by atoms with van der Waals surface area (Å²) in [5.74, 6) is 0.494. The Kier molecular flexibility index (Phi) is 4.98. The molecule has 0 saturated carbocycles. The number of hydrazone groups is 1. The molecule has 122 valence electrons. The van der Waals surface area contributed by atoms with Gasteiger partial charge in [0.1, 0.15) is 0 Å². The first-order chi connectivity index (χ1) is 11.7. The van der Waals surface area contributed by atoms with E-state index >= 15 is 0 Å². The quantitative estimate of drug-likeness (QED) is 0.515. The van der Waals surface area contributed by atoms with Crippen LogP contribution in [-0.4, -0.2) is 23.4 Å². The van der Waals surface area contributed by atoms with Gasteiger partial charge >= 0.3 is 0 Å². The van der Waals surface area contributed by atoms with E-state index in [1.54, 1.807) is 24.4 Å². The van der Waals surface area contributed by atoms with Crippen molar-refractivity contribution in [3.05, 3.63) is 58.4 Å². The third-order valence-corrected chi connectivity index (χ3v) is 4.22. The number of rotatable bonds is 5. The molecular formula is C17H14ClN3O2S. The first kappa shape index (κ1) is 16.3. The molecule has 0 fully saturated rings. The highest BCUT2D eigenvalue weighted by atomic mass is 35.5. The van der Waals surface area contributed by atoms with Gasteiger partial charge in [-0.2, -0.15) is 5.10 Å². The molecule has 0 unspecified atom stereocenters. The molecule has 2 aromatic carbocycles. The fraction of sp³-hybridized carbons (Fsp3) is 0.0588. The van der Waals surface area contributed by atoms with Gasteiger partial charge in [-0.3, -0.25) is 5.43 Å². The SMILES string of the molecule is COc1ccc(/C=N\Nc2nc(-c3ccc(Cl)cc3)cs2)cc1O. The van der Waals surface area contributed by atoms with Crippen molar-refractivity contribution >= 4 is 34.3 Å². The first-order valence-corrected chi connectivity index (χ1v) is 8.29. The highest BCUT2D eigenvalue weighted by Gasteiger charge is 2.04. The van der Waals surface area contributed by atoms with Crippen LogP contribution in [0.5, 0.6) is 11.5 Å². The third-order valence-electron chi connectivity index (χ3n) is 3.22. The number of methoxy groups -OCH3 is 1. The van der Waals surface area contributed by atoms with Crippen molar-refractivity contribution in [2.75, 3.05) is 12.5 Å². The van der Waals surface area contributed by atoms with Crippen LogP contribution < -0.4 is 10.2 Å². The molecule has 0 aliphatic carbocycles. The number of phenolic OH excluding ortho intramolecular Hbond substituents is 1. The van der Waals surface area contributed by atoms with E-state index in [1.807, 2.05) is 29.6 Å². The van der Waals surface area contributed by atoms with Crippen molar-refractivity contribution in [1.82, 2.24) is 4.98 Å². The van der Waals surface area contributed by atoms with Crippen LogP contribution >= 0.6 is 22.9 Å². The summed E-state index contributed by atoms with van der Waals surface area (Å²) in [6, 6.07) is 12.6. The summed E-state index contributed by atoms with van der Waals surface area (Å²) in [6.07, 6.45) is 1.60. The zero-order valence-corrected chi connectivity index (χ0v) is 14.3. The van der Waals surface area contributed by atoms with E-state index < -0.39 is 0 Å². The number of nitrogens with zero attached hydrogens (tertiary/aromatic N) is 2. The van der Waals surface area contributed by atoms with Gasteiger partial charge in [0.15, 0.2) is 11.5 Å². The van der Waals surface area contributed by atoms with E-state index in [4.69, 9.17) is 16.3 Å². The largest absolute Gasteiger partial charge is 0.504 e. The molecule has 0 bridgehead atoms. The predicted octanol–water partition coefficient (Wildman–Crippen LogP) is 4.62. The fourth-order valence-electron chi connectivity index (χ4n) is 2.03. The minimum absolute atomic E-state index is 0.0701. The molecular weight excluding hydrogens is 346 g/mol. The lowest BCUT2D eigenvalue weighted by molar-refractivity contribution is 0.373. The molecule has 3 aromatic rings. The van der Waals surface area contributed by atoms with Crippen LogP contribution in [0.1, 0.15) is 5.56 Å². The van der Waals surface area contributed by atoms with Crippen molar-refractivity contribution in [3.63, 3.8) is 0 Å². The highest BCUT2D eigenvalue weighted by Crippen LogP contribution is 2.27. The Morgan fingerprint density at radius 2 is 2.04 bits per heavy atom. The van der Waals surface area contributed by atoms with Gasteiger partial charge in [0.2, 0.25) is 5.13 Å². The lowest BCUT2D eigenvalue weighted by Gasteiger charge is -2.02. The zero-order chi connectivity index (χ0) is 16.9. The minimum Gasteiger partial charge on any atom is -0.504 e. The van der Waals surface area contributed by atoms with Crippen LogP contribution in [0.2, 0.25) is 5.02 Å². The minimum atomic E-state index is 0.0701. The van der Waals surface area contributed by atoms with Gasteiger partial charge in [-0.1, -0.05) is 23.7 Å². The number of aromatic hydroxyl groups is 1. The molecule has 1 aromatic heterocycles. The standard InChI is InChI=1S/C17H14ClN3O2S/c1-23-16-7-2-11(8-15(16)22)9-19-21-17-20-14(10-24-17)12-3-5-13(18)6-4-12/h2-10,22H,1H3,(H,20,21)/b19-9-. The lowest BCUT2D eigenvalue weighted by Crippen LogP contribution is -1.91. The van der Waals surface area contributed by atoms with Crippen molar-refractivity contribution in [2.45, 2.75) is 0 Å². The number of nitrogens with one attached hydrogen (secondary N) is 1. The topological polar surface area (TPSA) is 66.7 Å². The summed E-state index contributed by atoms with van der Waals surface area (Å²) in [5, 5.41) is 17.2. The number of aromatic nitrogens is 1. The Morgan fingerprint density at radius 3 is 2.75 bits per heavy atom. The second-order valence-corrected chi connectivity index (χ2v) is 6.14. The summed E-state index contributed by atoms with van der Waals surface area (Å²) in [6.45, 7) is 0. The van der Waals surface area contributed by atoms with Gasteiger partial charge in [-0.05, 0) is 35.9 Å². The van der Waals surface area contributed by atoms with Crippen molar-refractivity contribution < 1.29 is 9.84 Å². The Labute approximate surface area is 148 Å². The molecule has 3 rings (SSSR count). The number of hydrogen-bond acceptors (Lipinski definition) is 6. The van der Waals surface area contributed by atoms with E-state index in [-0.39, 0.29) is 5.75 Å². The van der Waals surface area contributed by atoms with Crippen molar-refractivity contribution in [3.8, 4) is 22.8 Å². The normalized spacial score (nSPS) is 10.9. The highest BCUT2D eigenvalue weighted by molar-refractivity contribution is 7.14. The summed E-state index contributed by atoms with van der Waals surface area (Å²) < 4.78 is 5.00. The van der Waals surface area contributed by atoms with Gasteiger partial charge < -0.3 is 9.84 Å². The van der Waals surface area contributed by atoms with Crippen LogP contribution in [0.25, 0.3) is 11.3 Å². The Balaban J connectivity index is 1.67. The molecule has 0 spiro atoms. The van der Waals surface area contributed by atoms with Gasteiger partial charge in [0.25, 0.3) is 0 Å². The number of benzene rings is 2. The van der Waals surface area contributed by atoms with Crippen LogP contribution in [-0.2, 0) is 0 Å². The van der Waals surface area contributed by atoms with Crippen molar-refractivity contribution in [1.29, 1.82) is 0 Å². The fourth-order valence-corrected chi connectivity index (χ4v) is 2.82. The molecule has 0 aliphatic rings. The molecule has 5 nitrogen and oxygen atoms in total. The molecule has 0 saturated heterocycles. The van der Waals surface area contributed by atoms with Crippen molar-refractivity contribution in [2.24, 2.45) is 5.10 Å². The molecule has 2 N–H and O–H groups in total. The van der Waals surface area contributed by atoms with Gasteiger partial charge in [0, 0.05) is 16.0 Å². The predicted molar refractivity (Wildman–Crippen MR) is 98.4 cm³/mol. The number of phenols is 1. The van der Waals surface area contributed by atoms with E-state index in [0.29, 0.717) is 15.9 Å². The average Bonchev–Trinajstić information content (AvgIpc) is 3.04. The molecule has 1 heterocycles. The van der Waals surface area contributed by atoms with Gasteiger partial charge in [0.05, 0.1) is 19.0 Å². The second kappa shape index (κ2) is 7.33.